The lowest BCUT2D eigenvalue weighted by Crippen LogP contribution is -2.41. The van der Waals surface area contributed by atoms with Crippen molar-refractivity contribution in [1.29, 1.82) is 0 Å². The topological polar surface area (TPSA) is 75.7 Å². The minimum atomic E-state index is -4.12. The molecular formula is C24H24Cl2N2O4S. The summed E-state index contributed by atoms with van der Waals surface area (Å²) in [6.45, 7) is 1.43. The second-order valence-electron chi connectivity index (χ2n) is 7.40. The molecule has 0 fully saturated rings. The van der Waals surface area contributed by atoms with Gasteiger partial charge in [-0.05, 0) is 48.4 Å². The van der Waals surface area contributed by atoms with Crippen molar-refractivity contribution >= 4 is 39.1 Å². The lowest BCUT2D eigenvalue weighted by atomic mass is 10.1. The van der Waals surface area contributed by atoms with Gasteiger partial charge in [-0.3, -0.25) is 4.79 Å². The van der Waals surface area contributed by atoms with E-state index in [-0.39, 0.29) is 34.1 Å². The van der Waals surface area contributed by atoms with Crippen LogP contribution in [0.4, 0.5) is 0 Å². The third kappa shape index (κ3) is 6.48. The van der Waals surface area contributed by atoms with E-state index < -0.39 is 15.9 Å². The lowest BCUT2D eigenvalue weighted by molar-refractivity contribution is -0.122. The van der Waals surface area contributed by atoms with Gasteiger partial charge in [0.1, 0.15) is 10.6 Å². The molecule has 0 unspecified atom stereocenters. The molecule has 0 bridgehead atoms. The highest BCUT2D eigenvalue weighted by Gasteiger charge is 2.29. The van der Waals surface area contributed by atoms with E-state index in [4.69, 9.17) is 27.9 Å². The molecule has 0 aromatic heterocycles. The highest BCUT2D eigenvalue weighted by atomic mass is 35.5. The number of carbonyl (C=O) groups is 1. The van der Waals surface area contributed by atoms with Gasteiger partial charge in [0, 0.05) is 11.6 Å². The first-order chi connectivity index (χ1) is 15.7. The molecule has 0 aliphatic heterocycles. The fraction of sp³-hybridized carbons (Fsp3) is 0.208. The summed E-state index contributed by atoms with van der Waals surface area (Å²) in [5, 5.41) is 3.12. The Morgan fingerprint density at radius 1 is 1.03 bits per heavy atom. The van der Waals surface area contributed by atoms with E-state index >= 15 is 0 Å². The number of nitrogens with zero attached hydrogens (tertiary/aromatic N) is 1. The molecule has 0 aliphatic carbocycles. The summed E-state index contributed by atoms with van der Waals surface area (Å²) in [4.78, 5) is 12.7. The minimum Gasteiger partial charge on any atom is -0.497 e. The molecule has 1 atom stereocenters. The largest absolute Gasteiger partial charge is 0.497 e. The van der Waals surface area contributed by atoms with Crippen molar-refractivity contribution in [1.82, 2.24) is 9.62 Å². The maximum absolute atomic E-state index is 13.5. The van der Waals surface area contributed by atoms with Crippen LogP contribution >= 0.6 is 23.2 Å². The minimum absolute atomic E-state index is 0.00362. The molecule has 0 radical (unpaired) electrons. The Kier molecular flexibility index (Phi) is 8.37. The molecule has 1 N–H and O–H groups in total. The fourth-order valence-corrected chi connectivity index (χ4v) is 5.37. The Morgan fingerprint density at radius 2 is 1.70 bits per heavy atom. The van der Waals surface area contributed by atoms with Crippen LogP contribution in [0.5, 0.6) is 5.75 Å². The van der Waals surface area contributed by atoms with Crippen molar-refractivity contribution in [2.75, 3.05) is 13.7 Å². The first-order valence-electron chi connectivity index (χ1n) is 10.1. The van der Waals surface area contributed by atoms with Gasteiger partial charge in [-0.25, -0.2) is 8.42 Å². The van der Waals surface area contributed by atoms with Gasteiger partial charge in [0.2, 0.25) is 15.9 Å². The predicted octanol–water partition coefficient (Wildman–Crippen LogP) is 5.07. The molecule has 33 heavy (non-hydrogen) atoms. The van der Waals surface area contributed by atoms with Gasteiger partial charge in [0.25, 0.3) is 0 Å². The zero-order valence-corrected chi connectivity index (χ0v) is 20.5. The van der Waals surface area contributed by atoms with Crippen LogP contribution in [-0.4, -0.2) is 32.3 Å². The third-order valence-electron chi connectivity index (χ3n) is 5.03. The highest BCUT2D eigenvalue weighted by molar-refractivity contribution is 7.89. The molecule has 0 aliphatic rings. The number of rotatable bonds is 9. The monoisotopic (exact) mass is 506 g/mol. The molecule has 3 rings (SSSR count). The molecule has 0 saturated heterocycles. The lowest BCUT2D eigenvalue weighted by Gasteiger charge is -2.24. The summed E-state index contributed by atoms with van der Waals surface area (Å²) < 4.78 is 33.2. The van der Waals surface area contributed by atoms with Crippen LogP contribution in [0.2, 0.25) is 10.0 Å². The van der Waals surface area contributed by atoms with E-state index in [0.29, 0.717) is 5.75 Å². The van der Waals surface area contributed by atoms with Gasteiger partial charge >= 0.3 is 0 Å². The van der Waals surface area contributed by atoms with Gasteiger partial charge in [-0.1, -0.05) is 65.7 Å². The van der Waals surface area contributed by atoms with Crippen LogP contribution in [-0.2, 0) is 21.4 Å². The van der Waals surface area contributed by atoms with Crippen LogP contribution in [0.1, 0.15) is 24.1 Å². The van der Waals surface area contributed by atoms with Crippen molar-refractivity contribution in [2.45, 2.75) is 24.4 Å². The summed E-state index contributed by atoms with van der Waals surface area (Å²) in [6, 6.07) is 20.2. The van der Waals surface area contributed by atoms with Gasteiger partial charge in [-0.15, -0.1) is 0 Å². The summed E-state index contributed by atoms with van der Waals surface area (Å²) >= 11 is 12.2. The third-order valence-corrected chi connectivity index (χ3v) is 7.53. The second kappa shape index (κ2) is 11.0. The van der Waals surface area contributed by atoms with Crippen molar-refractivity contribution in [3.8, 4) is 5.75 Å². The summed E-state index contributed by atoms with van der Waals surface area (Å²) in [5.74, 6) is 0.256. The van der Waals surface area contributed by atoms with E-state index in [1.165, 1.54) is 18.2 Å². The predicted molar refractivity (Wildman–Crippen MR) is 130 cm³/mol. The van der Waals surface area contributed by atoms with E-state index in [1.54, 1.807) is 43.5 Å². The molecule has 0 saturated carbocycles. The molecular weight excluding hydrogens is 483 g/mol. The van der Waals surface area contributed by atoms with Crippen molar-refractivity contribution in [2.24, 2.45) is 0 Å². The molecule has 9 heteroatoms. The smallest absolute Gasteiger partial charge is 0.245 e. The molecule has 3 aromatic carbocycles. The number of amides is 1. The normalized spacial score (nSPS) is 12.4. The number of hydrogen-bond acceptors (Lipinski definition) is 4. The fourth-order valence-electron chi connectivity index (χ4n) is 3.25. The van der Waals surface area contributed by atoms with E-state index in [9.17, 15) is 13.2 Å². The Bertz CT molecular complexity index is 1200. The number of benzene rings is 3. The average Bonchev–Trinajstić information content (AvgIpc) is 2.80. The van der Waals surface area contributed by atoms with Crippen molar-refractivity contribution in [3.05, 3.63) is 94.0 Å². The molecule has 6 nitrogen and oxygen atoms in total. The molecule has 0 spiro atoms. The van der Waals surface area contributed by atoms with E-state index in [0.717, 1.165) is 15.4 Å². The number of ether oxygens (including phenoxy) is 1. The summed E-state index contributed by atoms with van der Waals surface area (Å²) in [7, 11) is -2.54. The van der Waals surface area contributed by atoms with E-state index in [1.807, 2.05) is 25.1 Å². The number of halogens is 2. The molecule has 1 amide bonds. The standard InChI is InChI=1S/C24H24Cl2N2O4S/c1-17(19-8-11-21(32-2)12-9-19)27-24(29)16-28(15-18-6-4-3-5-7-18)33(30,31)23-14-20(25)10-13-22(23)26/h3-14,17H,15-16H2,1-2H3,(H,27,29)/t17-/m1/s1. The second-order valence-corrected chi connectivity index (χ2v) is 10.1. The highest BCUT2D eigenvalue weighted by Crippen LogP contribution is 2.28. The Balaban J connectivity index is 1.84. The number of nitrogens with one attached hydrogen (secondary N) is 1. The Morgan fingerprint density at radius 3 is 2.33 bits per heavy atom. The van der Waals surface area contributed by atoms with Crippen molar-refractivity contribution < 1.29 is 17.9 Å². The number of sulfonamides is 1. The summed E-state index contributed by atoms with van der Waals surface area (Å²) in [5.41, 5.74) is 1.59. The van der Waals surface area contributed by atoms with Gasteiger partial charge in [0.05, 0.1) is 24.7 Å². The Labute approximate surface area is 204 Å². The first-order valence-corrected chi connectivity index (χ1v) is 12.3. The maximum Gasteiger partial charge on any atom is 0.245 e. The van der Waals surface area contributed by atoms with E-state index in [2.05, 4.69) is 5.32 Å². The first kappa shape index (κ1) is 25.1. The summed E-state index contributed by atoms with van der Waals surface area (Å²) in [6.07, 6.45) is 0. The van der Waals surface area contributed by atoms with Crippen LogP contribution in [0.3, 0.4) is 0 Å². The molecule has 174 valence electrons. The van der Waals surface area contributed by atoms with Crippen molar-refractivity contribution in [3.63, 3.8) is 0 Å². The zero-order chi connectivity index (χ0) is 24.0. The average molecular weight is 507 g/mol. The van der Waals surface area contributed by atoms with Gasteiger partial charge in [0.15, 0.2) is 0 Å². The Hall–Kier alpha value is -2.58. The number of hydrogen-bond donors (Lipinski definition) is 1. The van der Waals surface area contributed by atoms with Crippen LogP contribution < -0.4 is 10.1 Å². The number of carbonyl (C=O) groups excluding carboxylic acids is 1. The van der Waals surface area contributed by atoms with Crippen LogP contribution in [0.25, 0.3) is 0 Å². The molecule has 0 heterocycles. The van der Waals surface area contributed by atoms with Gasteiger partial charge < -0.3 is 10.1 Å². The maximum atomic E-state index is 13.5. The molecule has 3 aromatic rings. The quantitative estimate of drug-likeness (QED) is 0.439. The zero-order valence-electron chi connectivity index (χ0n) is 18.2. The SMILES string of the molecule is COc1ccc([C@@H](C)NC(=O)CN(Cc2ccccc2)S(=O)(=O)c2cc(Cl)ccc2Cl)cc1. The van der Waals surface area contributed by atoms with Gasteiger partial charge in [-0.2, -0.15) is 4.31 Å². The number of methoxy groups -OCH3 is 1. The van der Waals surface area contributed by atoms with Crippen LogP contribution in [0.15, 0.2) is 77.7 Å². The van der Waals surface area contributed by atoms with Crippen LogP contribution in [0, 0.1) is 0 Å².